The molecular weight excluding hydrogens is 352 g/mol. The van der Waals surface area contributed by atoms with E-state index in [9.17, 15) is 4.79 Å². The molecule has 0 aliphatic heterocycles. The summed E-state index contributed by atoms with van der Waals surface area (Å²) in [5, 5.41) is 19.4. The quantitative estimate of drug-likeness (QED) is 0.548. The molecule has 1 amide bonds. The minimum absolute atomic E-state index is 0.165. The molecule has 0 saturated heterocycles. The molecule has 0 aliphatic rings. The number of carbonyl (C=O) groups is 1. The number of fused-ring (bicyclic) bond motifs is 1. The van der Waals surface area contributed by atoms with Crippen LogP contribution in [0.5, 0.6) is 0 Å². The molecule has 3 aromatic heterocycles. The highest BCUT2D eigenvalue weighted by Crippen LogP contribution is 2.15. The van der Waals surface area contributed by atoms with Crippen LogP contribution in [0.15, 0.2) is 42.9 Å². The number of amides is 1. The molecule has 0 fully saturated rings. The lowest BCUT2D eigenvalue weighted by molar-refractivity contribution is -0.124. The minimum atomic E-state index is -0.531. The van der Waals surface area contributed by atoms with Crippen LogP contribution in [0.3, 0.4) is 0 Å². The van der Waals surface area contributed by atoms with Crippen molar-refractivity contribution in [2.75, 3.05) is 0 Å². The lowest BCUT2D eigenvalue weighted by Gasteiger charge is -2.16. The van der Waals surface area contributed by atoms with Crippen molar-refractivity contribution in [3.63, 3.8) is 0 Å². The van der Waals surface area contributed by atoms with Crippen molar-refractivity contribution in [2.24, 2.45) is 0 Å². The molecule has 1 aromatic carbocycles. The maximum Gasteiger partial charge on any atom is 0.245 e. The van der Waals surface area contributed by atoms with E-state index in [-0.39, 0.29) is 5.91 Å². The number of hydrogen-bond donors (Lipinski definition) is 1. The summed E-state index contributed by atoms with van der Waals surface area (Å²) >= 11 is 1.51. The van der Waals surface area contributed by atoms with Crippen LogP contribution < -0.4 is 5.32 Å². The van der Waals surface area contributed by atoms with Crippen molar-refractivity contribution >= 4 is 22.2 Å². The third kappa shape index (κ3) is 3.45. The highest BCUT2D eigenvalue weighted by atomic mass is 32.1. The number of tetrazole rings is 1. The second kappa shape index (κ2) is 7.00. The fourth-order valence-electron chi connectivity index (χ4n) is 2.68. The summed E-state index contributed by atoms with van der Waals surface area (Å²) in [6.07, 6.45) is 3.77. The second-order valence-corrected chi connectivity index (χ2v) is 6.95. The van der Waals surface area contributed by atoms with Gasteiger partial charge in [0.1, 0.15) is 17.4 Å². The van der Waals surface area contributed by atoms with Crippen LogP contribution in [0.1, 0.15) is 22.3 Å². The normalized spacial score (nSPS) is 12.3. The first kappa shape index (κ1) is 16.3. The van der Waals surface area contributed by atoms with E-state index in [2.05, 4.69) is 30.9 Å². The van der Waals surface area contributed by atoms with Crippen molar-refractivity contribution in [2.45, 2.75) is 25.9 Å². The van der Waals surface area contributed by atoms with Crippen LogP contribution in [0.4, 0.5) is 0 Å². The predicted octanol–water partition coefficient (Wildman–Crippen LogP) is 1.19. The Morgan fingerprint density at radius 1 is 1.31 bits per heavy atom. The number of carbonyl (C=O) groups excluding carboxylic acids is 1. The van der Waals surface area contributed by atoms with E-state index >= 15 is 0 Å². The topological polar surface area (TPSA) is 103 Å². The van der Waals surface area contributed by atoms with Crippen LogP contribution in [-0.4, -0.2) is 40.7 Å². The number of imidazole rings is 1. The average Bonchev–Trinajstić information content (AvgIpc) is 3.35. The molecule has 0 radical (unpaired) electrons. The van der Waals surface area contributed by atoms with Crippen molar-refractivity contribution in [3.8, 4) is 0 Å². The van der Waals surface area contributed by atoms with E-state index in [1.54, 1.807) is 4.52 Å². The van der Waals surface area contributed by atoms with E-state index in [1.165, 1.54) is 22.3 Å². The number of nitrogens with zero attached hydrogens (tertiary/aromatic N) is 7. The number of nitrogens with one attached hydrogen (secondary N) is 1. The Bertz CT molecular complexity index is 976. The number of aryl methyl sites for hydroxylation is 1. The first-order valence-corrected chi connectivity index (χ1v) is 8.86. The van der Waals surface area contributed by atoms with E-state index in [1.807, 2.05) is 43.5 Å². The zero-order chi connectivity index (χ0) is 17.9. The molecular formula is C16H16N8OS. The highest BCUT2D eigenvalue weighted by molar-refractivity contribution is 7.16. The minimum Gasteiger partial charge on any atom is -0.349 e. The Labute approximate surface area is 152 Å². The van der Waals surface area contributed by atoms with Crippen LogP contribution in [0.25, 0.3) is 4.96 Å². The van der Waals surface area contributed by atoms with E-state index in [0.717, 1.165) is 21.2 Å². The molecule has 4 rings (SSSR count). The summed E-state index contributed by atoms with van der Waals surface area (Å²) in [5.74, 6) is -0.165. The summed E-state index contributed by atoms with van der Waals surface area (Å²) < 4.78 is 3.20. The van der Waals surface area contributed by atoms with Gasteiger partial charge in [0.15, 0.2) is 0 Å². The Hall–Kier alpha value is -3.14. The SMILES string of the molecule is Cc1nn2cc(CNC(=O)[C@@H](Cc3ccccc3)n3cnnn3)nc2s1. The van der Waals surface area contributed by atoms with Gasteiger partial charge in [-0.2, -0.15) is 5.10 Å². The third-order valence-corrected chi connectivity index (χ3v) is 4.73. The summed E-state index contributed by atoms with van der Waals surface area (Å²) in [5.41, 5.74) is 1.79. The molecule has 0 unspecified atom stereocenters. The third-order valence-electron chi connectivity index (χ3n) is 3.90. The van der Waals surface area contributed by atoms with Gasteiger partial charge < -0.3 is 5.32 Å². The Morgan fingerprint density at radius 2 is 2.15 bits per heavy atom. The fourth-order valence-corrected chi connectivity index (χ4v) is 3.42. The molecule has 4 aromatic rings. The number of benzene rings is 1. The summed E-state index contributed by atoms with van der Waals surface area (Å²) in [6.45, 7) is 2.25. The number of aromatic nitrogens is 7. The summed E-state index contributed by atoms with van der Waals surface area (Å²) in [4.78, 5) is 18.0. The van der Waals surface area contributed by atoms with E-state index in [4.69, 9.17) is 0 Å². The number of hydrogen-bond acceptors (Lipinski definition) is 7. The van der Waals surface area contributed by atoms with E-state index < -0.39 is 6.04 Å². The smallest absolute Gasteiger partial charge is 0.245 e. The molecule has 3 heterocycles. The monoisotopic (exact) mass is 368 g/mol. The standard InChI is InChI=1S/C16H16N8OS/c1-11-20-23-9-13(19-16(23)26-11)8-17-15(25)14(24-10-18-21-22-24)7-12-5-3-2-4-6-12/h2-6,9-10,14H,7-8H2,1H3,(H,17,25)/t14-/m1/s1. The van der Waals surface area contributed by atoms with Crippen molar-refractivity contribution in [1.82, 2.24) is 40.1 Å². The zero-order valence-corrected chi connectivity index (χ0v) is 14.8. The second-order valence-electron chi connectivity index (χ2n) is 5.79. The molecule has 132 valence electrons. The van der Waals surface area contributed by atoms with Gasteiger partial charge in [-0.15, -0.1) is 5.10 Å². The fraction of sp³-hybridized carbons (Fsp3) is 0.250. The van der Waals surface area contributed by atoms with Crippen molar-refractivity contribution < 1.29 is 4.79 Å². The zero-order valence-electron chi connectivity index (χ0n) is 14.0. The van der Waals surface area contributed by atoms with Gasteiger partial charge in [-0.05, 0) is 22.9 Å². The van der Waals surface area contributed by atoms with Crippen molar-refractivity contribution in [3.05, 3.63) is 59.1 Å². The molecule has 0 aliphatic carbocycles. The van der Waals surface area contributed by atoms with Crippen LogP contribution in [0, 0.1) is 6.92 Å². The van der Waals surface area contributed by atoms with Crippen molar-refractivity contribution in [1.29, 1.82) is 0 Å². The summed E-state index contributed by atoms with van der Waals surface area (Å²) in [6, 6.07) is 9.24. The predicted molar refractivity (Wildman–Crippen MR) is 94.4 cm³/mol. The van der Waals surface area contributed by atoms with Crippen LogP contribution in [0.2, 0.25) is 0 Å². The Morgan fingerprint density at radius 3 is 2.88 bits per heavy atom. The average molecular weight is 368 g/mol. The maximum atomic E-state index is 12.8. The molecule has 0 saturated carbocycles. The Balaban J connectivity index is 1.47. The lowest BCUT2D eigenvalue weighted by Crippen LogP contribution is -2.34. The van der Waals surface area contributed by atoms with E-state index in [0.29, 0.717) is 13.0 Å². The largest absolute Gasteiger partial charge is 0.349 e. The molecule has 0 spiro atoms. The highest BCUT2D eigenvalue weighted by Gasteiger charge is 2.22. The van der Waals surface area contributed by atoms with Gasteiger partial charge in [0.2, 0.25) is 10.9 Å². The molecule has 26 heavy (non-hydrogen) atoms. The van der Waals surface area contributed by atoms with Gasteiger partial charge in [0, 0.05) is 6.42 Å². The first-order valence-electron chi connectivity index (χ1n) is 8.05. The maximum absolute atomic E-state index is 12.8. The Kier molecular flexibility index (Phi) is 4.40. The first-order chi connectivity index (χ1) is 12.7. The van der Waals surface area contributed by atoms with Gasteiger partial charge in [-0.3, -0.25) is 4.79 Å². The molecule has 10 heteroatoms. The molecule has 1 atom stereocenters. The lowest BCUT2D eigenvalue weighted by atomic mass is 10.1. The van der Waals surface area contributed by atoms with Gasteiger partial charge in [0.25, 0.3) is 0 Å². The van der Waals surface area contributed by atoms with Crippen LogP contribution in [-0.2, 0) is 17.8 Å². The van der Waals surface area contributed by atoms with Gasteiger partial charge >= 0.3 is 0 Å². The van der Waals surface area contributed by atoms with Gasteiger partial charge in [-0.25, -0.2) is 14.2 Å². The van der Waals surface area contributed by atoms with Crippen LogP contribution >= 0.6 is 11.3 Å². The van der Waals surface area contributed by atoms with Gasteiger partial charge in [-0.1, -0.05) is 41.7 Å². The summed E-state index contributed by atoms with van der Waals surface area (Å²) in [7, 11) is 0. The molecule has 1 N–H and O–H groups in total. The molecule has 9 nitrogen and oxygen atoms in total. The molecule has 0 bridgehead atoms. The number of rotatable bonds is 6. The van der Waals surface area contributed by atoms with Gasteiger partial charge in [0.05, 0.1) is 18.4 Å².